The largest absolute Gasteiger partial charge is 0.496 e. The second kappa shape index (κ2) is 6.39. The van der Waals surface area contributed by atoms with E-state index >= 15 is 0 Å². The van der Waals surface area contributed by atoms with Crippen LogP contribution >= 0.6 is 0 Å². The monoisotopic (exact) mass is 363 g/mol. The highest BCUT2D eigenvalue weighted by Crippen LogP contribution is 2.43. The van der Waals surface area contributed by atoms with Gasteiger partial charge in [0, 0.05) is 11.6 Å². The molecule has 0 unspecified atom stereocenters. The van der Waals surface area contributed by atoms with Gasteiger partial charge in [-0.1, -0.05) is 6.07 Å². The zero-order valence-electron chi connectivity index (χ0n) is 15.2. The molecule has 6 heteroatoms. The summed E-state index contributed by atoms with van der Waals surface area (Å²) in [6.07, 6.45) is 1.60. The van der Waals surface area contributed by atoms with Crippen molar-refractivity contribution < 1.29 is 23.8 Å². The molecule has 1 heterocycles. The third-order valence-corrected chi connectivity index (χ3v) is 4.64. The fourth-order valence-electron chi connectivity index (χ4n) is 3.52. The zero-order valence-corrected chi connectivity index (χ0v) is 15.2. The predicted molar refractivity (Wildman–Crippen MR) is 99.3 cm³/mol. The van der Waals surface area contributed by atoms with Crippen molar-refractivity contribution in [3.05, 3.63) is 58.8 Å². The van der Waals surface area contributed by atoms with Gasteiger partial charge in [-0.05, 0) is 31.2 Å². The quantitative estimate of drug-likeness (QED) is 0.553. The number of carbonyl (C=O) groups is 2. The van der Waals surface area contributed by atoms with Crippen molar-refractivity contribution in [3.8, 4) is 17.2 Å². The van der Waals surface area contributed by atoms with Crippen LogP contribution in [0.15, 0.2) is 36.5 Å². The molecule has 0 aliphatic heterocycles. The van der Waals surface area contributed by atoms with Crippen molar-refractivity contribution in [2.24, 2.45) is 0 Å². The van der Waals surface area contributed by atoms with Crippen LogP contribution in [0.3, 0.4) is 0 Å². The number of nitrogens with zero attached hydrogens (tertiary/aromatic N) is 1. The molecule has 2 aromatic carbocycles. The number of rotatable bonds is 4. The number of pyridine rings is 1. The van der Waals surface area contributed by atoms with Gasteiger partial charge in [0.25, 0.3) is 0 Å². The lowest BCUT2D eigenvalue weighted by molar-refractivity contribution is 0.0971. The summed E-state index contributed by atoms with van der Waals surface area (Å²) in [4.78, 5) is 31.3. The second-order valence-corrected chi connectivity index (χ2v) is 6.01. The molecule has 0 atom stereocenters. The van der Waals surface area contributed by atoms with Crippen LogP contribution in [-0.4, -0.2) is 37.4 Å². The number of benzene rings is 2. The predicted octanol–water partition coefficient (Wildman–Crippen LogP) is 3.43. The Bertz CT molecular complexity index is 1100. The van der Waals surface area contributed by atoms with Gasteiger partial charge >= 0.3 is 0 Å². The van der Waals surface area contributed by atoms with Gasteiger partial charge in [0.2, 0.25) is 11.6 Å². The van der Waals surface area contributed by atoms with Gasteiger partial charge < -0.3 is 14.2 Å². The van der Waals surface area contributed by atoms with E-state index in [-0.39, 0.29) is 33.8 Å². The van der Waals surface area contributed by atoms with Crippen LogP contribution in [0.4, 0.5) is 0 Å². The van der Waals surface area contributed by atoms with E-state index in [0.717, 1.165) is 5.39 Å². The van der Waals surface area contributed by atoms with Crippen LogP contribution in [0, 0.1) is 0 Å². The first kappa shape index (κ1) is 17.0. The van der Waals surface area contributed by atoms with E-state index in [0.29, 0.717) is 29.4 Å². The van der Waals surface area contributed by atoms with Crippen LogP contribution < -0.4 is 14.2 Å². The maximum Gasteiger partial charge on any atom is 0.202 e. The lowest BCUT2D eigenvalue weighted by atomic mass is 9.81. The zero-order chi connectivity index (χ0) is 19.1. The van der Waals surface area contributed by atoms with E-state index < -0.39 is 0 Å². The summed E-state index contributed by atoms with van der Waals surface area (Å²) in [6, 6.07) is 8.59. The Balaban J connectivity index is 2.14. The van der Waals surface area contributed by atoms with E-state index in [1.165, 1.54) is 14.2 Å². The van der Waals surface area contributed by atoms with Crippen LogP contribution in [0.5, 0.6) is 17.2 Å². The molecular weight excluding hydrogens is 346 g/mol. The Hall–Kier alpha value is -3.41. The van der Waals surface area contributed by atoms with Crippen LogP contribution in [-0.2, 0) is 0 Å². The van der Waals surface area contributed by atoms with E-state index in [1.807, 2.05) is 13.0 Å². The smallest absolute Gasteiger partial charge is 0.202 e. The van der Waals surface area contributed by atoms with Crippen molar-refractivity contribution in [3.63, 3.8) is 0 Å². The van der Waals surface area contributed by atoms with Crippen molar-refractivity contribution >= 4 is 22.5 Å². The number of hydrogen-bond acceptors (Lipinski definition) is 6. The van der Waals surface area contributed by atoms with E-state index in [1.54, 1.807) is 30.5 Å². The van der Waals surface area contributed by atoms with Crippen LogP contribution in [0.25, 0.3) is 10.9 Å². The molecule has 0 fully saturated rings. The first-order valence-electron chi connectivity index (χ1n) is 8.51. The Morgan fingerprint density at radius 2 is 1.44 bits per heavy atom. The summed E-state index contributed by atoms with van der Waals surface area (Å²) in [5.74, 6) is 0.327. The van der Waals surface area contributed by atoms with Crippen molar-refractivity contribution in [1.82, 2.24) is 4.98 Å². The molecule has 1 aliphatic rings. The second-order valence-electron chi connectivity index (χ2n) is 6.01. The van der Waals surface area contributed by atoms with Gasteiger partial charge in [-0.25, -0.2) is 0 Å². The van der Waals surface area contributed by atoms with Gasteiger partial charge in [-0.15, -0.1) is 0 Å². The summed E-state index contributed by atoms with van der Waals surface area (Å²) in [7, 11) is 2.92. The standard InChI is InChI=1S/C21H17NO5/c1-4-27-14-10-11-6-5-9-22-19(11)18-17(14)20(23)15-12(25-2)7-8-13(26-3)16(15)21(18)24/h5-10H,4H2,1-3H3. The molecule has 0 bridgehead atoms. The molecule has 0 amide bonds. The van der Waals surface area contributed by atoms with E-state index in [4.69, 9.17) is 14.2 Å². The molecule has 0 radical (unpaired) electrons. The lowest BCUT2D eigenvalue weighted by Crippen LogP contribution is -2.24. The Morgan fingerprint density at radius 3 is 2.04 bits per heavy atom. The highest BCUT2D eigenvalue weighted by Gasteiger charge is 2.39. The number of carbonyl (C=O) groups excluding carboxylic acids is 2. The molecule has 27 heavy (non-hydrogen) atoms. The Morgan fingerprint density at radius 1 is 0.852 bits per heavy atom. The Kier molecular flexibility index (Phi) is 4.03. The molecule has 0 N–H and O–H groups in total. The number of ketones is 2. The van der Waals surface area contributed by atoms with Gasteiger partial charge in [0.15, 0.2) is 0 Å². The van der Waals surface area contributed by atoms with Gasteiger partial charge in [0.1, 0.15) is 17.2 Å². The van der Waals surface area contributed by atoms with E-state index in [2.05, 4.69) is 4.98 Å². The third-order valence-electron chi connectivity index (χ3n) is 4.64. The SMILES string of the molecule is CCOc1cc2cccnc2c2c1C(=O)c1c(OC)ccc(OC)c1C2=O. The molecule has 3 aromatic rings. The van der Waals surface area contributed by atoms with Gasteiger partial charge in [0.05, 0.1) is 48.6 Å². The summed E-state index contributed by atoms with van der Waals surface area (Å²) in [6.45, 7) is 2.19. The van der Waals surface area contributed by atoms with E-state index in [9.17, 15) is 9.59 Å². The summed E-state index contributed by atoms with van der Waals surface area (Å²) >= 11 is 0. The summed E-state index contributed by atoms with van der Waals surface area (Å²) in [5.41, 5.74) is 1.29. The molecule has 4 rings (SSSR count). The molecular formula is C21H17NO5. The molecule has 0 saturated heterocycles. The number of hydrogen-bond donors (Lipinski definition) is 0. The average molecular weight is 363 g/mol. The van der Waals surface area contributed by atoms with Crippen LogP contribution in [0.1, 0.15) is 38.8 Å². The lowest BCUT2D eigenvalue weighted by Gasteiger charge is -2.24. The first-order chi connectivity index (χ1) is 13.1. The van der Waals surface area contributed by atoms with Gasteiger partial charge in [-0.2, -0.15) is 0 Å². The first-order valence-corrected chi connectivity index (χ1v) is 8.51. The number of fused-ring (bicyclic) bond motifs is 4. The van der Waals surface area contributed by atoms with Crippen molar-refractivity contribution in [1.29, 1.82) is 0 Å². The topological polar surface area (TPSA) is 74.7 Å². The molecule has 0 saturated carbocycles. The van der Waals surface area contributed by atoms with Crippen LogP contribution in [0.2, 0.25) is 0 Å². The molecule has 136 valence electrons. The fraction of sp³-hybridized carbons (Fsp3) is 0.190. The molecule has 1 aliphatic carbocycles. The minimum atomic E-state index is -0.341. The third kappa shape index (κ3) is 2.37. The van der Waals surface area contributed by atoms with Gasteiger partial charge in [-0.3, -0.25) is 14.6 Å². The Labute approximate surface area is 155 Å². The minimum absolute atomic E-state index is 0.186. The maximum absolute atomic E-state index is 13.5. The highest BCUT2D eigenvalue weighted by atomic mass is 16.5. The fourth-order valence-corrected chi connectivity index (χ4v) is 3.52. The molecule has 1 aromatic heterocycles. The molecule has 0 spiro atoms. The number of methoxy groups -OCH3 is 2. The summed E-state index contributed by atoms with van der Waals surface area (Å²) in [5, 5.41) is 0.728. The normalized spacial score (nSPS) is 12.6. The average Bonchev–Trinajstić information content (AvgIpc) is 2.70. The summed E-state index contributed by atoms with van der Waals surface area (Å²) < 4.78 is 16.4. The number of ether oxygens (including phenoxy) is 3. The highest BCUT2D eigenvalue weighted by molar-refractivity contribution is 6.34. The van der Waals surface area contributed by atoms with Crippen molar-refractivity contribution in [2.75, 3.05) is 20.8 Å². The number of aromatic nitrogens is 1. The minimum Gasteiger partial charge on any atom is -0.496 e. The molecule has 6 nitrogen and oxygen atoms in total. The van der Waals surface area contributed by atoms with Crippen molar-refractivity contribution in [2.45, 2.75) is 6.92 Å². The maximum atomic E-state index is 13.5.